The number of rotatable bonds is 3. The van der Waals surface area contributed by atoms with E-state index >= 15 is 0 Å². The molecule has 0 aliphatic carbocycles. The second kappa shape index (κ2) is 4.01. The first-order chi connectivity index (χ1) is 4.16. The fraction of sp³-hybridized carbons (Fsp3) is 0.429. The third-order valence-electron chi connectivity index (χ3n) is 0.934. The number of Topliss-reactive ketones (excluding diaryl/α,β-unsaturated/α-hetero) is 1. The number of ketones is 1. The molecule has 0 fully saturated rings. The standard InChI is InChI=1S/C7H11NO/c1-6(8-3)4-5-7(2)9/h4H,3,5H2,1-2H3/b6-4+. The molecule has 0 N–H and O–H groups in total. The van der Waals surface area contributed by atoms with Gasteiger partial charge in [-0.3, -0.25) is 9.79 Å². The minimum Gasteiger partial charge on any atom is -0.300 e. The van der Waals surface area contributed by atoms with E-state index in [1.807, 2.05) is 6.92 Å². The maximum Gasteiger partial charge on any atom is 0.133 e. The van der Waals surface area contributed by atoms with Crippen LogP contribution in [0.1, 0.15) is 20.3 Å². The van der Waals surface area contributed by atoms with Crippen molar-refractivity contribution in [3.8, 4) is 0 Å². The average molecular weight is 125 g/mol. The Balaban J connectivity index is 3.69. The minimum atomic E-state index is 0.151. The maximum atomic E-state index is 10.4. The number of allylic oxidation sites excluding steroid dienone is 2. The largest absolute Gasteiger partial charge is 0.300 e. The highest BCUT2D eigenvalue weighted by Gasteiger charge is 1.87. The zero-order valence-corrected chi connectivity index (χ0v) is 5.85. The second-order valence-corrected chi connectivity index (χ2v) is 1.91. The first-order valence-corrected chi connectivity index (χ1v) is 2.79. The summed E-state index contributed by atoms with van der Waals surface area (Å²) in [5.41, 5.74) is 0.810. The van der Waals surface area contributed by atoms with Crippen molar-refractivity contribution < 1.29 is 4.79 Å². The summed E-state index contributed by atoms with van der Waals surface area (Å²) in [4.78, 5) is 14.0. The lowest BCUT2D eigenvalue weighted by Crippen LogP contribution is -1.84. The van der Waals surface area contributed by atoms with E-state index in [1.165, 1.54) is 0 Å². The lowest BCUT2D eigenvalue weighted by Gasteiger charge is -1.87. The predicted molar refractivity (Wildman–Crippen MR) is 38.6 cm³/mol. The molecule has 9 heavy (non-hydrogen) atoms. The zero-order valence-electron chi connectivity index (χ0n) is 5.85. The summed E-state index contributed by atoms with van der Waals surface area (Å²) in [5, 5.41) is 0. The quantitative estimate of drug-likeness (QED) is 0.526. The summed E-state index contributed by atoms with van der Waals surface area (Å²) in [6, 6.07) is 0. The summed E-state index contributed by atoms with van der Waals surface area (Å²) in [6.45, 7) is 6.67. The molecular formula is C7H11NO. The third kappa shape index (κ3) is 4.94. The van der Waals surface area contributed by atoms with Gasteiger partial charge in [-0.15, -0.1) is 0 Å². The summed E-state index contributed by atoms with van der Waals surface area (Å²) in [5.74, 6) is 0.151. The van der Waals surface area contributed by atoms with Crippen molar-refractivity contribution in [1.29, 1.82) is 0 Å². The Labute approximate surface area is 55.3 Å². The Kier molecular flexibility index (Phi) is 3.60. The Morgan fingerprint density at radius 2 is 2.22 bits per heavy atom. The van der Waals surface area contributed by atoms with Gasteiger partial charge in [-0.2, -0.15) is 0 Å². The Morgan fingerprint density at radius 3 is 2.56 bits per heavy atom. The van der Waals surface area contributed by atoms with Crippen LogP contribution < -0.4 is 0 Å². The van der Waals surface area contributed by atoms with Gasteiger partial charge in [0.05, 0.1) is 0 Å². The van der Waals surface area contributed by atoms with Crippen LogP contribution >= 0.6 is 0 Å². The number of hydrogen-bond acceptors (Lipinski definition) is 2. The molecule has 0 spiro atoms. The number of carbonyl (C=O) groups excluding carboxylic acids is 1. The molecule has 0 aromatic heterocycles. The smallest absolute Gasteiger partial charge is 0.133 e. The topological polar surface area (TPSA) is 29.4 Å². The molecule has 2 nitrogen and oxygen atoms in total. The van der Waals surface area contributed by atoms with Gasteiger partial charge in [-0.25, -0.2) is 0 Å². The van der Waals surface area contributed by atoms with Crippen molar-refractivity contribution in [3.63, 3.8) is 0 Å². The SMILES string of the molecule is C=N/C(C)=C/CC(C)=O. The number of nitrogens with zero attached hydrogens (tertiary/aromatic N) is 1. The first kappa shape index (κ1) is 8.08. The zero-order chi connectivity index (χ0) is 7.28. The van der Waals surface area contributed by atoms with Gasteiger partial charge in [0, 0.05) is 12.1 Å². The molecule has 0 aromatic carbocycles. The molecule has 0 aromatic rings. The molecule has 0 amide bonds. The van der Waals surface area contributed by atoms with Gasteiger partial charge >= 0.3 is 0 Å². The number of hydrogen-bond donors (Lipinski definition) is 0. The van der Waals surface area contributed by atoms with Gasteiger partial charge in [-0.1, -0.05) is 6.08 Å². The van der Waals surface area contributed by atoms with Crippen LogP contribution in [0.15, 0.2) is 16.8 Å². The average Bonchev–Trinajstić information content (AvgIpc) is 1.83. The van der Waals surface area contributed by atoms with Gasteiger partial charge in [0.2, 0.25) is 0 Å². The van der Waals surface area contributed by atoms with Crippen LogP contribution in [-0.2, 0) is 4.79 Å². The Hall–Kier alpha value is -0.920. The van der Waals surface area contributed by atoms with Gasteiger partial charge < -0.3 is 0 Å². The van der Waals surface area contributed by atoms with E-state index in [0.717, 1.165) is 5.70 Å². The van der Waals surface area contributed by atoms with Crippen molar-refractivity contribution in [3.05, 3.63) is 11.8 Å². The molecule has 0 aliphatic heterocycles. The van der Waals surface area contributed by atoms with Gasteiger partial charge in [0.1, 0.15) is 5.78 Å². The summed E-state index contributed by atoms with van der Waals surface area (Å²) in [6.07, 6.45) is 2.22. The van der Waals surface area contributed by atoms with Crippen LogP contribution in [-0.4, -0.2) is 12.5 Å². The maximum absolute atomic E-state index is 10.4. The molecule has 50 valence electrons. The molecule has 0 heterocycles. The fourth-order valence-corrected chi connectivity index (χ4v) is 0.356. The van der Waals surface area contributed by atoms with Crippen molar-refractivity contribution in [1.82, 2.24) is 0 Å². The Bertz CT molecular complexity index is 147. The van der Waals surface area contributed by atoms with Gasteiger partial charge in [0.25, 0.3) is 0 Å². The van der Waals surface area contributed by atoms with Crippen LogP contribution in [0, 0.1) is 0 Å². The predicted octanol–water partition coefficient (Wildman–Crippen LogP) is 1.57. The van der Waals surface area contributed by atoms with E-state index < -0.39 is 0 Å². The van der Waals surface area contributed by atoms with Crippen LogP contribution in [0.25, 0.3) is 0 Å². The highest BCUT2D eigenvalue weighted by Crippen LogP contribution is 1.94. The molecule has 0 radical (unpaired) electrons. The molecule has 2 heteroatoms. The van der Waals surface area contributed by atoms with Gasteiger partial charge in [0.15, 0.2) is 0 Å². The van der Waals surface area contributed by atoms with Crippen molar-refractivity contribution in [2.45, 2.75) is 20.3 Å². The molecule has 0 unspecified atom stereocenters. The van der Waals surface area contributed by atoms with Crippen LogP contribution in [0.3, 0.4) is 0 Å². The lowest BCUT2D eigenvalue weighted by atomic mass is 10.3. The van der Waals surface area contributed by atoms with Crippen LogP contribution in [0.2, 0.25) is 0 Å². The molecular weight excluding hydrogens is 114 g/mol. The molecule has 0 saturated heterocycles. The van der Waals surface area contributed by atoms with E-state index in [4.69, 9.17) is 0 Å². The van der Waals surface area contributed by atoms with Crippen molar-refractivity contribution in [2.75, 3.05) is 0 Å². The highest BCUT2D eigenvalue weighted by molar-refractivity contribution is 5.77. The monoisotopic (exact) mass is 125 g/mol. The molecule has 0 aliphatic rings. The van der Waals surface area contributed by atoms with Crippen LogP contribution in [0.4, 0.5) is 0 Å². The molecule has 0 rings (SSSR count). The molecule has 0 saturated carbocycles. The third-order valence-corrected chi connectivity index (χ3v) is 0.934. The fourth-order valence-electron chi connectivity index (χ4n) is 0.356. The van der Waals surface area contributed by atoms with Gasteiger partial charge in [-0.05, 0) is 20.6 Å². The first-order valence-electron chi connectivity index (χ1n) is 2.79. The normalized spacial score (nSPS) is 11.1. The van der Waals surface area contributed by atoms with E-state index in [0.29, 0.717) is 6.42 Å². The summed E-state index contributed by atoms with van der Waals surface area (Å²) < 4.78 is 0. The lowest BCUT2D eigenvalue weighted by molar-refractivity contribution is -0.116. The highest BCUT2D eigenvalue weighted by atomic mass is 16.1. The van der Waals surface area contributed by atoms with E-state index in [9.17, 15) is 4.79 Å². The van der Waals surface area contributed by atoms with Crippen LogP contribution in [0.5, 0.6) is 0 Å². The number of carbonyl (C=O) groups is 1. The Morgan fingerprint density at radius 1 is 1.67 bits per heavy atom. The summed E-state index contributed by atoms with van der Waals surface area (Å²) >= 11 is 0. The minimum absolute atomic E-state index is 0.151. The van der Waals surface area contributed by atoms with E-state index in [2.05, 4.69) is 11.7 Å². The summed E-state index contributed by atoms with van der Waals surface area (Å²) in [7, 11) is 0. The molecule has 0 atom stereocenters. The van der Waals surface area contributed by atoms with Crippen molar-refractivity contribution >= 4 is 12.5 Å². The number of aliphatic imine (C=N–C) groups is 1. The van der Waals surface area contributed by atoms with E-state index in [1.54, 1.807) is 13.0 Å². The second-order valence-electron chi connectivity index (χ2n) is 1.91. The van der Waals surface area contributed by atoms with Crippen molar-refractivity contribution in [2.24, 2.45) is 4.99 Å². The van der Waals surface area contributed by atoms with E-state index in [-0.39, 0.29) is 5.78 Å². The molecule has 0 bridgehead atoms.